The van der Waals surface area contributed by atoms with Crippen LogP contribution in [0.3, 0.4) is 0 Å². The highest BCUT2D eigenvalue weighted by molar-refractivity contribution is 7.89. The van der Waals surface area contributed by atoms with Gasteiger partial charge in [-0.2, -0.15) is 4.31 Å². The van der Waals surface area contributed by atoms with Crippen molar-refractivity contribution in [3.05, 3.63) is 29.6 Å². The van der Waals surface area contributed by atoms with Crippen LogP contribution >= 0.6 is 0 Å². The Kier molecular flexibility index (Phi) is 5.35. The third-order valence-electron chi connectivity index (χ3n) is 4.15. The maximum Gasteiger partial charge on any atom is 0.243 e. The minimum atomic E-state index is -3.56. The third-order valence-corrected chi connectivity index (χ3v) is 6.06. The SMILES string of the molecule is CNCc1cc(S(=O)(=O)N(C)C2CCCCC2)ccc1F. The Morgan fingerprint density at radius 3 is 2.57 bits per heavy atom. The van der Waals surface area contributed by atoms with Gasteiger partial charge in [-0.1, -0.05) is 19.3 Å². The minimum Gasteiger partial charge on any atom is -0.316 e. The molecule has 0 radical (unpaired) electrons. The molecule has 0 bridgehead atoms. The van der Waals surface area contributed by atoms with Crippen LogP contribution in [-0.2, 0) is 16.6 Å². The predicted molar refractivity (Wildman–Crippen MR) is 81.0 cm³/mol. The predicted octanol–water partition coefficient (Wildman–Crippen LogP) is 2.50. The first-order valence-corrected chi connectivity index (χ1v) is 8.82. The van der Waals surface area contributed by atoms with Gasteiger partial charge in [-0.15, -0.1) is 0 Å². The van der Waals surface area contributed by atoms with Gasteiger partial charge in [0.25, 0.3) is 0 Å². The lowest BCUT2D eigenvalue weighted by Crippen LogP contribution is -2.38. The van der Waals surface area contributed by atoms with E-state index in [2.05, 4.69) is 5.32 Å². The Bertz CT molecular complexity index is 583. The summed E-state index contributed by atoms with van der Waals surface area (Å²) in [5, 5.41) is 2.85. The maximum absolute atomic E-state index is 13.7. The molecule has 0 amide bonds. The number of nitrogens with zero attached hydrogens (tertiary/aromatic N) is 1. The number of benzene rings is 1. The van der Waals surface area contributed by atoms with Crippen molar-refractivity contribution in [1.82, 2.24) is 9.62 Å². The fourth-order valence-electron chi connectivity index (χ4n) is 2.84. The number of hydrogen-bond donors (Lipinski definition) is 1. The Balaban J connectivity index is 2.27. The van der Waals surface area contributed by atoms with Crippen LogP contribution in [0.5, 0.6) is 0 Å². The largest absolute Gasteiger partial charge is 0.316 e. The van der Waals surface area contributed by atoms with Crippen LogP contribution in [0.15, 0.2) is 23.1 Å². The fraction of sp³-hybridized carbons (Fsp3) is 0.600. The Labute approximate surface area is 126 Å². The van der Waals surface area contributed by atoms with Gasteiger partial charge in [-0.25, -0.2) is 12.8 Å². The number of halogens is 1. The topological polar surface area (TPSA) is 49.4 Å². The van der Waals surface area contributed by atoms with Gasteiger partial charge in [0.15, 0.2) is 0 Å². The molecule has 1 fully saturated rings. The second-order valence-electron chi connectivity index (χ2n) is 5.60. The van der Waals surface area contributed by atoms with Gasteiger partial charge in [0.2, 0.25) is 10.0 Å². The standard InChI is InChI=1S/C15H23FN2O2S/c1-17-11-12-10-14(8-9-15(12)16)21(19,20)18(2)13-6-4-3-5-7-13/h8-10,13,17H,3-7,11H2,1-2H3. The second kappa shape index (κ2) is 6.85. The summed E-state index contributed by atoms with van der Waals surface area (Å²) in [6.45, 7) is 0.308. The summed E-state index contributed by atoms with van der Waals surface area (Å²) < 4.78 is 40.5. The van der Waals surface area contributed by atoms with Crippen molar-refractivity contribution in [3.8, 4) is 0 Å². The molecule has 1 aliphatic rings. The molecule has 0 spiro atoms. The zero-order valence-corrected chi connectivity index (χ0v) is 13.4. The van der Waals surface area contributed by atoms with E-state index in [1.807, 2.05) is 0 Å². The molecule has 6 heteroatoms. The molecule has 1 aliphatic carbocycles. The highest BCUT2D eigenvalue weighted by Crippen LogP contribution is 2.27. The molecule has 1 N–H and O–H groups in total. The summed E-state index contributed by atoms with van der Waals surface area (Å²) in [4.78, 5) is 0.169. The first kappa shape index (κ1) is 16.4. The van der Waals surface area contributed by atoms with Crippen LogP contribution in [0.25, 0.3) is 0 Å². The van der Waals surface area contributed by atoms with Crippen LogP contribution in [0.4, 0.5) is 4.39 Å². The highest BCUT2D eigenvalue weighted by Gasteiger charge is 2.29. The van der Waals surface area contributed by atoms with Crippen LogP contribution in [-0.4, -0.2) is 32.9 Å². The molecule has 0 aliphatic heterocycles. The van der Waals surface area contributed by atoms with E-state index in [1.165, 1.54) is 28.9 Å². The first-order valence-electron chi connectivity index (χ1n) is 7.38. The summed E-state index contributed by atoms with van der Waals surface area (Å²) in [5.74, 6) is -0.386. The third kappa shape index (κ3) is 3.62. The van der Waals surface area contributed by atoms with E-state index >= 15 is 0 Å². The molecule has 1 aromatic carbocycles. The summed E-state index contributed by atoms with van der Waals surface area (Å²) in [7, 11) is -0.223. The molecule has 1 saturated carbocycles. The van der Waals surface area contributed by atoms with E-state index in [4.69, 9.17) is 0 Å². The minimum absolute atomic E-state index is 0.0570. The molecule has 0 saturated heterocycles. The summed E-state index contributed by atoms with van der Waals surface area (Å²) >= 11 is 0. The summed E-state index contributed by atoms with van der Waals surface area (Å²) in [6, 6.07) is 4.07. The van der Waals surface area contributed by atoms with Crippen molar-refractivity contribution in [1.29, 1.82) is 0 Å². The Morgan fingerprint density at radius 1 is 1.29 bits per heavy atom. The van der Waals surface area contributed by atoms with Crippen molar-refractivity contribution in [2.75, 3.05) is 14.1 Å². The number of rotatable bonds is 5. The van der Waals surface area contributed by atoms with Crippen LogP contribution in [0.1, 0.15) is 37.7 Å². The maximum atomic E-state index is 13.7. The van der Waals surface area contributed by atoms with Gasteiger partial charge in [0.05, 0.1) is 4.90 Å². The van der Waals surface area contributed by atoms with E-state index in [0.29, 0.717) is 12.1 Å². The number of hydrogen-bond acceptors (Lipinski definition) is 3. The molecule has 0 heterocycles. The molecule has 21 heavy (non-hydrogen) atoms. The van der Waals surface area contributed by atoms with Gasteiger partial charge >= 0.3 is 0 Å². The van der Waals surface area contributed by atoms with Gasteiger partial charge in [-0.05, 0) is 38.1 Å². The van der Waals surface area contributed by atoms with Crippen LogP contribution in [0, 0.1) is 5.82 Å². The second-order valence-corrected chi connectivity index (χ2v) is 7.59. The Morgan fingerprint density at radius 2 is 1.95 bits per heavy atom. The zero-order chi connectivity index (χ0) is 15.5. The molecular formula is C15H23FN2O2S. The molecule has 118 valence electrons. The van der Waals surface area contributed by atoms with Gasteiger partial charge in [0, 0.05) is 25.2 Å². The molecular weight excluding hydrogens is 291 g/mol. The normalized spacial score (nSPS) is 17.3. The number of sulfonamides is 1. The Hall–Kier alpha value is -0.980. The summed E-state index contributed by atoms with van der Waals surface area (Å²) in [5.41, 5.74) is 0.371. The van der Waals surface area contributed by atoms with E-state index in [-0.39, 0.29) is 16.8 Å². The molecule has 1 aromatic rings. The van der Waals surface area contributed by atoms with Crippen LogP contribution in [0.2, 0.25) is 0 Å². The van der Waals surface area contributed by atoms with Crippen molar-refractivity contribution in [2.24, 2.45) is 0 Å². The van der Waals surface area contributed by atoms with Crippen molar-refractivity contribution < 1.29 is 12.8 Å². The van der Waals surface area contributed by atoms with Crippen molar-refractivity contribution in [3.63, 3.8) is 0 Å². The molecule has 2 rings (SSSR count). The van der Waals surface area contributed by atoms with Gasteiger partial charge in [-0.3, -0.25) is 0 Å². The van der Waals surface area contributed by atoms with Crippen molar-refractivity contribution in [2.45, 2.75) is 49.6 Å². The molecule has 4 nitrogen and oxygen atoms in total. The van der Waals surface area contributed by atoms with Crippen LogP contribution < -0.4 is 5.32 Å². The van der Waals surface area contributed by atoms with E-state index in [0.717, 1.165) is 25.7 Å². The highest BCUT2D eigenvalue weighted by atomic mass is 32.2. The van der Waals surface area contributed by atoms with Gasteiger partial charge < -0.3 is 5.32 Å². The first-order chi connectivity index (χ1) is 9.96. The molecule has 0 unspecified atom stereocenters. The lowest BCUT2D eigenvalue weighted by molar-refractivity contribution is 0.286. The van der Waals surface area contributed by atoms with Gasteiger partial charge in [0.1, 0.15) is 5.82 Å². The van der Waals surface area contributed by atoms with E-state index in [1.54, 1.807) is 14.1 Å². The fourth-order valence-corrected chi connectivity index (χ4v) is 4.31. The average Bonchev–Trinajstić information content (AvgIpc) is 2.49. The lowest BCUT2D eigenvalue weighted by atomic mass is 9.96. The monoisotopic (exact) mass is 314 g/mol. The smallest absolute Gasteiger partial charge is 0.243 e. The van der Waals surface area contributed by atoms with E-state index < -0.39 is 10.0 Å². The quantitative estimate of drug-likeness (QED) is 0.908. The van der Waals surface area contributed by atoms with E-state index in [9.17, 15) is 12.8 Å². The number of nitrogens with one attached hydrogen (secondary N) is 1. The average molecular weight is 314 g/mol. The summed E-state index contributed by atoms with van der Waals surface area (Å²) in [6.07, 6.45) is 5.12. The zero-order valence-electron chi connectivity index (χ0n) is 12.6. The molecule has 0 atom stereocenters. The van der Waals surface area contributed by atoms with Crippen molar-refractivity contribution >= 4 is 10.0 Å². The molecule has 0 aromatic heterocycles. The lowest BCUT2D eigenvalue weighted by Gasteiger charge is -2.30.